The highest BCUT2D eigenvalue weighted by Gasteiger charge is 2.35. The van der Waals surface area contributed by atoms with E-state index in [0.29, 0.717) is 0 Å². The summed E-state index contributed by atoms with van der Waals surface area (Å²) in [7, 11) is 0. The molecule has 30 heavy (non-hydrogen) atoms. The monoisotopic (exact) mass is 422 g/mol. The van der Waals surface area contributed by atoms with Crippen molar-refractivity contribution in [1.29, 1.82) is 0 Å². The number of nitrogens with one attached hydrogen (secondary N) is 1. The third kappa shape index (κ3) is 4.70. The molecule has 6 heteroatoms. The Morgan fingerprint density at radius 2 is 1.83 bits per heavy atom. The summed E-state index contributed by atoms with van der Waals surface area (Å²) in [5.41, 5.74) is 1.99. The third-order valence-corrected chi connectivity index (χ3v) is 6.89. The molecule has 0 saturated heterocycles. The zero-order valence-electron chi connectivity index (χ0n) is 17.0. The summed E-state index contributed by atoms with van der Waals surface area (Å²) in [6, 6.07) is 17.6. The van der Waals surface area contributed by atoms with Crippen molar-refractivity contribution in [2.75, 3.05) is 6.61 Å². The topological polar surface area (TPSA) is 68.3 Å². The fourth-order valence-corrected chi connectivity index (χ4v) is 5.28. The molecule has 4 rings (SSSR count). The van der Waals surface area contributed by atoms with Crippen LogP contribution in [-0.2, 0) is 14.3 Å². The largest absolute Gasteiger partial charge is 0.455 e. The molecule has 0 bridgehead atoms. The lowest BCUT2D eigenvalue weighted by molar-refractivity contribution is -0.154. The quantitative estimate of drug-likeness (QED) is 0.568. The van der Waals surface area contributed by atoms with Crippen LogP contribution in [0.5, 0.6) is 0 Å². The minimum Gasteiger partial charge on any atom is -0.455 e. The molecule has 1 fully saturated rings. The minimum atomic E-state index is -0.290. The molecule has 1 N–H and O–H groups in total. The van der Waals surface area contributed by atoms with Crippen LogP contribution in [0.4, 0.5) is 0 Å². The van der Waals surface area contributed by atoms with Crippen LogP contribution in [0.3, 0.4) is 0 Å². The molecule has 1 aliphatic carbocycles. The Kier molecular flexibility index (Phi) is 6.43. The Bertz CT molecular complexity index is 984. The van der Waals surface area contributed by atoms with Crippen molar-refractivity contribution in [3.63, 3.8) is 0 Å². The molecule has 3 atom stereocenters. The lowest BCUT2D eigenvalue weighted by Crippen LogP contribution is -2.34. The second-order valence-corrected chi connectivity index (χ2v) is 8.89. The number of nitrogens with zero attached hydrogens (tertiary/aromatic N) is 1. The van der Waals surface area contributed by atoms with Crippen molar-refractivity contribution >= 4 is 33.4 Å². The molecule has 1 aromatic heterocycles. The number of fused-ring (bicyclic) bond motifs is 1. The van der Waals surface area contributed by atoms with Crippen molar-refractivity contribution in [3.8, 4) is 0 Å². The molecular formula is C24H26N2O3S. The Balaban J connectivity index is 1.37. The molecule has 1 aliphatic rings. The Morgan fingerprint density at radius 3 is 2.63 bits per heavy atom. The van der Waals surface area contributed by atoms with Crippen LogP contribution in [0.1, 0.15) is 55.1 Å². The zero-order chi connectivity index (χ0) is 20.9. The van der Waals surface area contributed by atoms with Gasteiger partial charge in [-0.25, -0.2) is 4.98 Å². The van der Waals surface area contributed by atoms with Gasteiger partial charge in [-0.2, -0.15) is 0 Å². The number of benzene rings is 2. The minimum absolute atomic E-state index is 0.0648. The summed E-state index contributed by atoms with van der Waals surface area (Å²) in [4.78, 5) is 29.9. The normalized spacial score (nSPS) is 19.9. The van der Waals surface area contributed by atoms with E-state index in [4.69, 9.17) is 9.72 Å². The predicted octanol–water partition coefficient (Wildman–Crippen LogP) is 4.99. The molecule has 0 radical (unpaired) electrons. The first-order chi connectivity index (χ1) is 14.6. The molecule has 1 amide bonds. The summed E-state index contributed by atoms with van der Waals surface area (Å²) in [6.45, 7) is 1.67. The maximum atomic E-state index is 12.8. The summed E-state index contributed by atoms with van der Waals surface area (Å²) >= 11 is 1.66. The number of hydrogen-bond acceptors (Lipinski definition) is 5. The van der Waals surface area contributed by atoms with Gasteiger partial charge in [0.1, 0.15) is 0 Å². The molecule has 0 unspecified atom stereocenters. The van der Waals surface area contributed by atoms with Gasteiger partial charge in [0.15, 0.2) is 6.61 Å². The average molecular weight is 423 g/mol. The Hall–Kier alpha value is -2.73. The Labute approximate surface area is 180 Å². The maximum Gasteiger partial charge on any atom is 0.310 e. The maximum absolute atomic E-state index is 12.8. The molecule has 1 saturated carbocycles. The van der Waals surface area contributed by atoms with Crippen molar-refractivity contribution in [3.05, 3.63) is 65.2 Å². The van der Waals surface area contributed by atoms with Crippen LogP contribution in [0.25, 0.3) is 10.2 Å². The Morgan fingerprint density at radius 1 is 1.10 bits per heavy atom. The van der Waals surface area contributed by atoms with E-state index in [0.717, 1.165) is 46.5 Å². The lowest BCUT2D eigenvalue weighted by Gasteiger charge is -2.28. The number of amides is 1. The molecule has 1 heterocycles. The summed E-state index contributed by atoms with van der Waals surface area (Å²) in [5.74, 6) is -0.748. The molecule has 0 spiro atoms. The lowest BCUT2D eigenvalue weighted by atomic mass is 9.79. The van der Waals surface area contributed by atoms with Crippen LogP contribution in [0.15, 0.2) is 54.6 Å². The zero-order valence-corrected chi connectivity index (χ0v) is 17.9. The van der Waals surface area contributed by atoms with Crippen molar-refractivity contribution in [2.24, 2.45) is 5.92 Å². The highest BCUT2D eigenvalue weighted by molar-refractivity contribution is 7.18. The first-order valence-electron chi connectivity index (χ1n) is 10.5. The number of hydrogen-bond donors (Lipinski definition) is 1. The van der Waals surface area contributed by atoms with Crippen LogP contribution in [-0.4, -0.2) is 23.5 Å². The van der Waals surface area contributed by atoms with E-state index in [9.17, 15) is 9.59 Å². The van der Waals surface area contributed by atoms with Gasteiger partial charge < -0.3 is 10.1 Å². The third-order valence-electron chi connectivity index (χ3n) is 5.72. The van der Waals surface area contributed by atoms with E-state index in [1.807, 2.05) is 55.5 Å². The number of esters is 1. The van der Waals surface area contributed by atoms with E-state index in [1.54, 1.807) is 11.3 Å². The summed E-state index contributed by atoms with van der Waals surface area (Å²) in [5, 5.41) is 3.89. The summed E-state index contributed by atoms with van der Waals surface area (Å²) in [6.07, 6.45) is 3.79. The average Bonchev–Trinajstić information content (AvgIpc) is 3.22. The van der Waals surface area contributed by atoms with Gasteiger partial charge in [0, 0.05) is 5.92 Å². The van der Waals surface area contributed by atoms with Crippen molar-refractivity contribution in [1.82, 2.24) is 10.3 Å². The van der Waals surface area contributed by atoms with Crippen LogP contribution in [0, 0.1) is 5.92 Å². The van der Waals surface area contributed by atoms with E-state index in [2.05, 4.69) is 11.4 Å². The van der Waals surface area contributed by atoms with Crippen LogP contribution >= 0.6 is 11.3 Å². The highest BCUT2D eigenvalue weighted by atomic mass is 32.1. The van der Waals surface area contributed by atoms with Crippen molar-refractivity contribution < 1.29 is 14.3 Å². The van der Waals surface area contributed by atoms with E-state index in [-0.39, 0.29) is 36.4 Å². The van der Waals surface area contributed by atoms with Crippen LogP contribution < -0.4 is 5.32 Å². The number of thiazole rings is 1. The molecule has 0 aliphatic heterocycles. The van der Waals surface area contributed by atoms with Gasteiger partial charge in [0.2, 0.25) is 0 Å². The van der Waals surface area contributed by atoms with E-state index >= 15 is 0 Å². The van der Waals surface area contributed by atoms with Gasteiger partial charge in [0.05, 0.1) is 27.2 Å². The molecule has 3 aromatic rings. The van der Waals surface area contributed by atoms with Gasteiger partial charge >= 0.3 is 5.97 Å². The van der Waals surface area contributed by atoms with Gasteiger partial charge in [-0.3, -0.25) is 9.59 Å². The first kappa shape index (κ1) is 20.5. The SMILES string of the molecule is C[C@@H](NC(=O)COC(=O)[C@@H]1CCCC[C@@H]1c1nc2ccccc2s1)c1ccccc1. The molecular weight excluding hydrogens is 396 g/mol. The molecule has 2 aromatic carbocycles. The first-order valence-corrected chi connectivity index (χ1v) is 11.3. The van der Waals surface area contributed by atoms with Gasteiger partial charge in [-0.1, -0.05) is 55.3 Å². The highest BCUT2D eigenvalue weighted by Crippen LogP contribution is 2.41. The van der Waals surface area contributed by atoms with E-state index < -0.39 is 0 Å². The van der Waals surface area contributed by atoms with Crippen LogP contribution in [0.2, 0.25) is 0 Å². The number of rotatable bonds is 6. The number of carbonyl (C=O) groups is 2. The fourth-order valence-electron chi connectivity index (χ4n) is 4.11. The number of carbonyl (C=O) groups excluding carboxylic acids is 2. The predicted molar refractivity (Wildman–Crippen MR) is 118 cm³/mol. The summed E-state index contributed by atoms with van der Waals surface area (Å²) < 4.78 is 6.57. The number of para-hydroxylation sites is 1. The molecule has 5 nitrogen and oxygen atoms in total. The fraction of sp³-hybridized carbons (Fsp3) is 0.375. The number of ether oxygens (including phenoxy) is 1. The second-order valence-electron chi connectivity index (χ2n) is 7.82. The van der Waals surface area contributed by atoms with Gasteiger partial charge in [-0.15, -0.1) is 11.3 Å². The van der Waals surface area contributed by atoms with Crippen molar-refractivity contribution in [2.45, 2.75) is 44.6 Å². The van der Waals surface area contributed by atoms with Gasteiger partial charge in [0.25, 0.3) is 5.91 Å². The standard InChI is InChI=1S/C24H26N2O3S/c1-16(17-9-3-2-4-10-17)25-22(27)15-29-24(28)19-12-6-5-11-18(19)23-26-20-13-7-8-14-21(20)30-23/h2-4,7-10,13-14,16,18-19H,5-6,11-12,15H2,1H3,(H,25,27)/t16-,18+,19-/m1/s1. The number of aromatic nitrogens is 1. The molecule has 156 valence electrons. The second kappa shape index (κ2) is 9.39. The van der Waals surface area contributed by atoms with E-state index in [1.165, 1.54) is 0 Å². The van der Waals surface area contributed by atoms with Gasteiger partial charge in [-0.05, 0) is 37.5 Å². The smallest absolute Gasteiger partial charge is 0.310 e.